The summed E-state index contributed by atoms with van der Waals surface area (Å²) < 4.78 is 0. The van der Waals surface area contributed by atoms with E-state index in [0.717, 1.165) is 25.9 Å². The quantitative estimate of drug-likeness (QED) is 0.792. The first-order chi connectivity index (χ1) is 9.15. The predicted octanol–water partition coefficient (Wildman–Crippen LogP) is 1.74. The van der Waals surface area contributed by atoms with Crippen LogP contribution < -0.4 is 5.32 Å². The summed E-state index contributed by atoms with van der Waals surface area (Å²) >= 11 is 0. The molecule has 0 aromatic heterocycles. The summed E-state index contributed by atoms with van der Waals surface area (Å²) in [6, 6.07) is 0.374. The van der Waals surface area contributed by atoms with Crippen molar-refractivity contribution in [1.82, 2.24) is 10.2 Å². The van der Waals surface area contributed by atoms with Crippen molar-refractivity contribution in [2.24, 2.45) is 5.92 Å². The van der Waals surface area contributed by atoms with E-state index in [2.05, 4.69) is 10.2 Å². The van der Waals surface area contributed by atoms with Crippen LogP contribution in [-0.4, -0.2) is 42.3 Å². The van der Waals surface area contributed by atoms with Crippen molar-refractivity contribution >= 4 is 11.7 Å². The van der Waals surface area contributed by atoms with Gasteiger partial charge >= 0.3 is 0 Å². The van der Waals surface area contributed by atoms with Crippen molar-refractivity contribution in [3.8, 4) is 0 Å². The highest BCUT2D eigenvalue weighted by molar-refractivity contribution is 5.82. The molecule has 1 saturated heterocycles. The third-order valence-corrected chi connectivity index (χ3v) is 4.34. The molecule has 2 fully saturated rings. The monoisotopic (exact) mass is 266 g/mol. The lowest BCUT2D eigenvalue weighted by Crippen LogP contribution is -2.46. The Kier molecular flexibility index (Phi) is 5.37. The van der Waals surface area contributed by atoms with E-state index >= 15 is 0 Å². The van der Waals surface area contributed by atoms with Crippen LogP contribution in [-0.2, 0) is 9.59 Å². The second kappa shape index (κ2) is 7.04. The summed E-state index contributed by atoms with van der Waals surface area (Å²) in [5, 5.41) is 3.17. The average molecular weight is 266 g/mol. The molecular formula is C15H26N2O2. The van der Waals surface area contributed by atoms with Crippen LogP contribution in [0.1, 0.15) is 51.9 Å². The number of hydrogen-bond acceptors (Lipinski definition) is 3. The van der Waals surface area contributed by atoms with Crippen LogP contribution in [0, 0.1) is 5.92 Å². The summed E-state index contributed by atoms with van der Waals surface area (Å²) in [4.78, 5) is 25.6. The fraction of sp³-hybridized carbons (Fsp3) is 0.867. The number of nitrogens with zero attached hydrogens (tertiary/aromatic N) is 1. The molecule has 1 saturated carbocycles. The van der Waals surface area contributed by atoms with Crippen molar-refractivity contribution in [2.45, 2.75) is 57.9 Å². The predicted molar refractivity (Wildman–Crippen MR) is 74.9 cm³/mol. The molecule has 1 amide bonds. The number of piperidine rings is 1. The highest BCUT2D eigenvalue weighted by atomic mass is 16.2. The first kappa shape index (κ1) is 14.5. The van der Waals surface area contributed by atoms with E-state index in [4.69, 9.17) is 0 Å². The molecule has 108 valence electrons. The van der Waals surface area contributed by atoms with Gasteiger partial charge in [-0.25, -0.2) is 0 Å². The fourth-order valence-corrected chi connectivity index (χ4v) is 3.14. The maximum atomic E-state index is 12.0. The van der Waals surface area contributed by atoms with E-state index in [0.29, 0.717) is 24.8 Å². The van der Waals surface area contributed by atoms with Gasteiger partial charge in [-0.3, -0.25) is 14.5 Å². The van der Waals surface area contributed by atoms with Crippen LogP contribution >= 0.6 is 0 Å². The van der Waals surface area contributed by atoms with Crippen LogP contribution in [0.5, 0.6) is 0 Å². The maximum Gasteiger partial charge on any atom is 0.234 e. The summed E-state index contributed by atoms with van der Waals surface area (Å²) in [6.45, 7) is 3.88. The SMILES string of the molecule is CC1CN(CC(=O)NC2CCCCCC2)CCC1=O. The van der Waals surface area contributed by atoms with E-state index in [1.54, 1.807) is 0 Å². The largest absolute Gasteiger partial charge is 0.352 e. The third-order valence-electron chi connectivity index (χ3n) is 4.34. The zero-order valence-corrected chi connectivity index (χ0v) is 12.0. The van der Waals surface area contributed by atoms with Gasteiger partial charge in [-0.1, -0.05) is 32.6 Å². The molecule has 1 N–H and O–H groups in total. The summed E-state index contributed by atoms with van der Waals surface area (Å²) in [5.41, 5.74) is 0. The van der Waals surface area contributed by atoms with Gasteiger partial charge in [0.1, 0.15) is 5.78 Å². The molecule has 2 aliphatic rings. The van der Waals surface area contributed by atoms with Crippen LogP contribution in [0.25, 0.3) is 0 Å². The van der Waals surface area contributed by atoms with Crippen molar-refractivity contribution in [3.63, 3.8) is 0 Å². The Morgan fingerprint density at radius 1 is 1.26 bits per heavy atom. The molecule has 0 radical (unpaired) electrons. The number of likely N-dealkylation sites (tertiary alicyclic amines) is 1. The van der Waals surface area contributed by atoms with Crippen molar-refractivity contribution in [3.05, 3.63) is 0 Å². The molecule has 1 atom stereocenters. The Morgan fingerprint density at radius 2 is 1.95 bits per heavy atom. The van der Waals surface area contributed by atoms with E-state index in [9.17, 15) is 9.59 Å². The Morgan fingerprint density at radius 3 is 2.58 bits per heavy atom. The standard InChI is InChI=1S/C15H26N2O2/c1-12-10-17(9-8-14(12)18)11-15(19)16-13-6-4-2-3-5-7-13/h12-13H,2-11H2,1H3,(H,16,19). The molecular weight excluding hydrogens is 240 g/mol. The van der Waals surface area contributed by atoms with Crippen LogP contribution in [0.2, 0.25) is 0 Å². The zero-order chi connectivity index (χ0) is 13.7. The van der Waals surface area contributed by atoms with Gasteiger partial charge in [-0.05, 0) is 12.8 Å². The number of carbonyl (C=O) groups excluding carboxylic acids is 2. The molecule has 1 unspecified atom stereocenters. The van der Waals surface area contributed by atoms with Gasteiger partial charge < -0.3 is 5.32 Å². The number of ketones is 1. The summed E-state index contributed by atoms with van der Waals surface area (Å²) in [7, 11) is 0. The minimum atomic E-state index is 0.0828. The van der Waals surface area contributed by atoms with Gasteiger partial charge in [0.15, 0.2) is 0 Å². The number of Topliss-reactive ketones (excluding diaryl/α,β-unsaturated/α-hetero) is 1. The average Bonchev–Trinajstić information content (AvgIpc) is 2.62. The zero-order valence-electron chi connectivity index (χ0n) is 12.0. The number of hydrogen-bond donors (Lipinski definition) is 1. The molecule has 0 aromatic rings. The number of amides is 1. The fourth-order valence-electron chi connectivity index (χ4n) is 3.14. The Labute approximate surface area is 115 Å². The van der Waals surface area contributed by atoms with Crippen molar-refractivity contribution in [2.75, 3.05) is 19.6 Å². The van der Waals surface area contributed by atoms with Gasteiger partial charge in [0, 0.05) is 31.5 Å². The smallest absolute Gasteiger partial charge is 0.234 e. The van der Waals surface area contributed by atoms with E-state index in [1.165, 1.54) is 25.7 Å². The second-order valence-electron chi connectivity index (χ2n) is 6.11. The molecule has 0 spiro atoms. The highest BCUT2D eigenvalue weighted by Gasteiger charge is 2.25. The molecule has 2 rings (SSSR count). The summed E-state index contributed by atoms with van der Waals surface area (Å²) in [5.74, 6) is 0.549. The van der Waals surface area contributed by atoms with Gasteiger partial charge in [0.25, 0.3) is 0 Å². The van der Waals surface area contributed by atoms with Crippen LogP contribution in [0.15, 0.2) is 0 Å². The molecule has 1 aliphatic heterocycles. The molecule has 1 aliphatic carbocycles. The van der Waals surface area contributed by atoms with E-state index in [1.807, 2.05) is 6.92 Å². The number of carbonyl (C=O) groups is 2. The number of rotatable bonds is 3. The van der Waals surface area contributed by atoms with Crippen molar-refractivity contribution < 1.29 is 9.59 Å². The minimum Gasteiger partial charge on any atom is -0.352 e. The molecule has 0 aromatic carbocycles. The summed E-state index contributed by atoms with van der Waals surface area (Å²) in [6.07, 6.45) is 7.93. The topological polar surface area (TPSA) is 49.4 Å². The minimum absolute atomic E-state index is 0.0828. The molecule has 1 heterocycles. The lowest BCUT2D eigenvalue weighted by atomic mass is 9.99. The third kappa shape index (κ3) is 4.60. The van der Waals surface area contributed by atoms with Gasteiger partial charge in [-0.2, -0.15) is 0 Å². The lowest BCUT2D eigenvalue weighted by Gasteiger charge is -2.29. The van der Waals surface area contributed by atoms with Crippen LogP contribution in [0.4, 0.5) is 0 Å². The Hall–Kier alpha value is -0.900. The first-order valence-electron chi connectivity index (χ1n) is 7.69. The molecule has 4 heteroatoms. The van der Waals surface area contributed by atoms with Gasteiger partial charge in [0.2, 0.25) is 5.91 Å². The first-order valence-corrected chi connectivity index (χ1v) is 7.69. The van der Waals surface area contributed by atoms with Gasteiger partial charge in [0.05, 0.1) is 6.54 Å². The van der Waals surface area contributed by atoms with Crippen molar-refractivity contribution in [1.29, 1.82) is 0 Å². The highest BCUT2D eigenvalue weighted by Crippen LogP contribution is 2.17. The van der Waals surface area contributed by atoms with E-state index in [-0.39, 0.29) is 11.8 Å². The normalized spacial score (nSPS) is 27.0. The Balaban J connectivity index is 1.73. The molecule has 0 bridgehead atoms. The maximum absolute atomic E-state index is 12.0. The second-order valence-corrected chi connectivity index (χ2v) is 6.11. The molecule has 19 heavy (non-hydrogen) atoms. The molecule has 4 nitrogen and oxygen atoms in total. The van der Waals surface area contributed by atoms with E-state index < -0.39 is 0 Å². The Bertz CT molecular complexity index is 322. The lowest BCUT2D eigenvalue weighted by molar-refractivity contribution is -0.129. The van der Waals surface area contributed by atoms with Crippen LogP contribution in [0.3, 0.4) is 0 Å². The van der Waals surface area contributed by atoms with Gasteiger partial charge in [-0.15, -0.1) is 0 Å². The number of nitrogens with one attached hydrogen (secondary N) is 1.